The third-order valence-corrected chi connectivity index (χ3v) is 3.62. The van der Waals surface area contributed by atoms with E-state index in [2.05, 4.69) is 44.6 Å². The molecule has 1 aliphatic rings. The molecule has 5 heteroatoms. The highest BCUT2D eigenvalue weighted by Crippen LogP contribution is 2.31. The molecular formula is C12H18BrN3O. The summed E-state index contributed by atoms with van der Waals surface area (Å²) in [6, 6.07) is 0. The van der Waals surface area contributed by atoms with Crippen LogP contribution in [0.4, 0.5) is 5.95 Å². The van der Waals surface area contributed by atoms with Crippen molar-refractivity contribution >= 4 is 21.9 Å². The molecule has 2 heterocycles. The van der Waals surface area contributed by atoms with Crippen LogP contribution in [0, 0.1) is 5.41 Å². The first-order valence-corrected chi connectivity index (χ1v) is 6.63. The van der Waals surface area contributed by atoms with Crippen LogP contribution in [0.3, 0.4) is 0 Å². The highest BCUT2D eigenvalue weighted by atomic mass is 79.9. The molecule has 1 aliphatic heterocycles. The van der Waals surface area contributed by atoms with Gasteiger partial charge in [0.1, 0.15) is 0 Å². The van der Waals surface area contributed by atoms with Gasteiger partial charge in [-0.05, 0) is 34.2 Å². The molecule has 1 fully saturated rings. The first kappa shape index (κ1) is 12.6. The molecule has 2 rings (SSSR count). The fraction of sp³-hybridized carbons (Fsp3) is 0.667. The van der Waals surface area contributed by atoms with E-state index in [0.717, 1.165) is 23.5 Å². The lowest BCUT2D eigenvalue weighted by Crippen LogP contribution is -2.41. The Morgan fingerprint density at radius 3 is 2.88 bits per heavy atom. The van der Waals surface area contributed by atoms with E-state index in [1.807, 2.05) is 0 Å². The van der Waals surface area contributed by atoms with Crippen LogP contribution in [0.2, 0.25) is 0 Å². The average molecular weight is 300 g/mol. The van der Waals surface area contributed by atoms with Gasteiger partial charge >= 0.3 is 0 Å². The lowest BCUT2D eigenvalue weighted by molar-refractivity contribution is 0.290. The van der Waals surface area contributed by atoms with Gasteiger partial charge in [-0.15, -0.1) is 0 Å². The van der Waals surface area contributed by atoms with Crippen LogP contribution in [0.1, 0.15) is 26.7 Å². The number of ether oxygens (including phenoxy) is 1. The standard InChI is InChI=1S/C12H18BrN3O/c1-12(2)5-4-6-16(8-12)11-14-7-9(13)10(15-11)17-3/h7H,4-6,8H2,1-3H3. The first-order chi connectivity index (χ1) is 8.02. The van der Waals surface area contributed by atoms with Crippen molar-refractivity contribution in [2.24, 2.45) is 5.41 Å². The normalized spacial score (nSPS) is 19.2. The summed E-state index contributed by atoms with van der Waals surface area (Å²) in [6.07, 6.45) is 4.20. The van der Waals surface area contributed by atoms with E-state index in [1.54, 1.807) is 13.3 Å². The number of halogens is 1. The van der Waals surface area contributed by atoms with Crippen LogP contribution in [0.5, 0.6) is 5.88 Å². The molecule has 0 radical (unpaired) electrons. The van der Waals surface area contributed by atoms with Crippen molar-refractivity contribution < 1.29 is 4.74 Å². The smallest absolute Gasteiger partial charge is 0.232 e. The SMILES string of the molecule is COc1nc(N2CCCC(C)(C)C2)ncc1Br. The third kappa shape index (κ3) is 2.89. The largest absolute Gasteiger partial charge is 0.480 e. The zero-order valence-corrected chi connectivity index (χ0v) is 12.1. The number of anilines is 1. The molecule has 1 aromatic heterocycles. The Hall–Kier alpha value is -0.840. The molecule has 0 unspecified atom stereocenters. The highest BCUT2D eigenvalue weighted by molar-refractivity contribution is 9.10. The number of nitrogens with zero attached hydrogens (tertiary/aromatic N) is 3. The third-order valence-electron chi connectivity index (χ3n) is 3.08. The molecule has 1 saturated heterocycles. The van der Waals surface area contributed by atoms with E-state index in [-0.39, 0.29) is 0 Å². The number of methoxy groups -OCH3 is 1. The molecule has 0 bridgehead atoms. The second-order valence-electron chi connectivity index (χ2n) is 5.22. The number of piperidine rings is 1. The van der Waals surface area contributed by atoms with Crippen LogP contribution in [0.25, 0.3) is 0 Å². The minimum atomic E-state index is 0.335. The molecule has 0 spiro atoms. The Labute approximate surface area is 111 Å². The van der Waals surface area contributed by atoms with Crippen molar-refractivity contribution in [2.45, 2.75) is 26.7 Å². The highest BCUT2D eigenvalue weighted by Gasteiger charge is 2.28. The van der Waals surface area contributed by atoms with E-state index in [9.17, 15) is 0 Å². The van der Waals surface area contributed by atoms with Crippen molar-refractivity contribution in [1.82, 2.24) is 9.97 Å². The molecule has 0 saturated carbocycles. The number of hydrogen-bond donors (Lipinski definition) is 0. The Balaban J connectivity index is 2.22. The van der Waals surface area contributed by atoms with E-state index < -0.39 is 0 Å². The summed E-state index contributed by atoms with van der Waals surface area (Å²) in [5.41, 5.74) is 0.335. The Morgan fingerprint density at radius 1 is 1.47 bits per heavy atom. The fourth-order valence-electron chi connectivity index (χ4n) is 2.23. The van der Waals surface area contributed by atoms with Gasteiger partial charge < -0.3 is 9.64 Å². The van der Waals surface area contributed by atoms with Crippen molar-refractivity contribution in [3.63, 3.8) is 0 Å². The van der Waals surface area contributed by atoms with Crippen molar-refractivity contribution in [1.29, 1.82) is 0 Å². The summed E-state index contributed by atoms with van der Waals surface area (Å²) in [5.74, 6) is 1.36. The molecular weight excluding hydrogens is 282 g/mol. The Bertz CT molecular complexity index is 409. The first-order valence-electron chi connectivity index (χ1n) is 5.83. The van der Waals surface area contributed by atoms with Gasteiger partial charge in [0.25, 0.3) is 0 Å². The van der Waals surface area contributed by atoms with Crippen LogP contribution in [-0.2, 0) is 0 Å². The quantitative estimate of drug-likeness (QED) is 0.842. The predicted octanol–water partition coefficient (Wildman–Crippen LogP) is 2.87. The van der Waals surface area contributed by atoms with Crippen LogP contribution in [-0.4, -0.2) is 30.2 Å². The topological polar surface area (TPSA) is 38.2 Å². The summed E-state index contributed by atoms with van der Waals surface area (Å²) in [4.78, 5) is 11.0. The lowest BCUT2D eigenvalue weighted by atomic mass is 9.84. The number of hydrogen-bond acceptors (Lipinski definition) is 4. The van der Waals surface area contributed by atoms with E-state index in [4.69, 9.17) is 4.74 Å². The maximum atomic E-state index is 5.20. The van der Waals surface area contributed by atoms with Gasteiger partial charge in [-0.25, -0.2) is 4.98 Å². The molecule has 94 valence electrons. The van der Waals surface area contributed by atoms with Gasteiger partial charge in [0.05, 0.1) is 17.8 Å². The minimum Gasteiger partial charge on any atom is -0.480 e. The van der Waals surface area contributed by atoms with Gasteiger partial charge in [-0.3, -0.25) is 0 Å². The predicted molar refractivity (Wildman–Crippen MR) is 71.5 cm³/mol. The molecule has 4 nitrogen and oxygen atoms in total. The zero-order valence-electron chi connectivity index (χ0n) is 10.5. The summed E-state index contributed by atoms with van der Waals surface area (Å²) in [6.45, 7) is 6.59. The second-order valence-corrected chi connectivity index (χ2v) is 6.07. The number of rotatable bonds is 2. The number of aromatic nitrogens is 2. The second kappa shape index (κ2) is 4.80. The maximum absolute atomic E-state index is 5.20. The van der Waals surface area contributed by atoms with Crippen LogP contribution >= 0.6 is 15.9 Å². The Morgan fingerprint density at radius 2 is 2.24 bits per heavy atom. The maximum Gasteiger partial charge on any atom is 0.232 e. The van der Waals surface area contributed by atoms with Crippen molar-refractivity contribution in [2.75, 3.05) is 25.1 Å². The molecule has 0 atom stereocenters. The Kier molecular flexibility index (Phi) is 3.56. The van der Waals surface area contributed by atoms with E-state index in [1.165, 1.54) is 12.8 Å². The summed E-state index contributed by atoms with van der Waals surface area (Å²) in [5, 5.41) is 0. The van der Waals surface area contributed by atoms with Gasteiger partial charge in [0.15, 0.2) is 0 Å². The zero-order chi connectivity index (χ0) is 12.5. The van der Waals surface area contributed by atoms with Gasteiger partial charge in [-0.1, -0.05) is 13.8 Å². The average Bonchev–Trinajstić information content (AvgIpc) is 2.28. The van der Waals surface area contributed by atoms with Crippen LogP contribution < -0.4 is 9.64 Å². The lowest BCUT2D eigenvalue weighted by Gasteiger charge is -2.38. The van der Waals surface area contributed by atoms with Gasteiger partial charge in [-0.2, -0.15) is 4.98 Å². The molecule has 17 heavy (non-hydrogen) atoms. The minimum absolute atomic E-state index is 0.335. The molecule has 0 amide bonds. The summed E-state index contributed by atoms with van der Waals surface area (Å²) >= 11 is 3.37. The summed E-state index contributed by atoms with van der Waals surface area (Å²) in [7, 11) is 1.62. The molecule has 1 aromatic rings. The van der Waals surface area contributed by atoms with Gasteiger partial charge in [0.2, 0.25) is 11.8 Å². The fourth-order valence-corrected chi connectivity index (χ4v) is 2.59. The van der Waals surface area contributed by atoms with Crippen molar-refractivity contribution in [3.05, 3.63) is 10.7 Å². The van der Waals surface area contributed by atoms with Crippen molar-refractivity contribution in [3.8, 4) is 5.88 Å². The van der Waals surface area contributed by atoms with Gasteiger partial charge in [0, 0.05) is 13.1 Å². The van der Waals surface area contributed by atoms with Crippen LogP contribution in [0.15, 0.2) is 10.7 Å². The van der Waals surface area contributed by atoms with E-state index >= 15 is 0 Å². The summed E-state index contributed by atoms with van der Waals surface area (Å²) < 4.78 is 6.00. The van der Waals surface area contributed by atoms with E-state index in [0.29, 0.717) is 11.3 Å². The molecule has 0 N–H and O–H groups in total. The monoisotopic (exact) mass is 299 g/mol. The molecule has 0 aliphatic carbocycles. The molecule has 0 aromatic carbocycles.